The van der Waals surface area contributed by atoms with Crippen LogP contribution in [0.5, 0.6) is 0 Å². The molecule has 0 aliphatic heterocycles. The van der Waals surface area contributed by atoms with Crippen molar-refractivity contribution in [2.24, 2.45) is 7.05 Å². The van der Waals surface area contributed by atoms with Crippen molar-refractivity contribution in [3.63, 3.8) is 0 Å². The van der Waals surface area contributed by atoms with Gasteiger partial charge in [-0.25, -0.2) is 9.69 Å². The summed E-state index contributed by atoms with van der Waals surface area (Å²) in [6.45, 7) is 0. The molecule has 1 heterocycles. The first-order chi connectivity index (χ1) is 11.1. The van der Waals surface area contributed by atoms with Gasteiger partial charge in [0.15, 0.2) is 0 Å². The quantitative estimate of drug-likeness (QED) is 0.738. The fourth-order valence-corrected chi connectivity index (χ4v) is 2.59. The predicted octanol–water partition coefficient (Wildman–Crippen LogP) is 4.03. The first kappa shape index (κ1) is 15.1. The van der Waals surface area contributed by atoms with Gasteiger partial charge in [0, 0.05) is 34.9 Å². The lowest BCUT2D eigenvalue weighted by molar-refractivity contribution is -0.106. The van der Waals surface area contributed by atoms with Crippen molar-refractivity contribution in [2.75, 3.05) is 10.2 Å². The summed E-state index contributed by atoms with van der Waals surface area (Å²) in [7, 11) is 1.94. The van der Waals surface area contributed by atoms with Crippen molar-refractivity contribution < 1.29 is 9.59 Å². The molecule has 3 rings (SSSR count). The molecule has 0 saturated carbocycles. The zero-order valence-electron chi connectivity index (χ0n) is 12.4. The molecule has 1 aromatic heterocycles. The van der Waals surface area contributed by atoms with Crippen molar-refractivity contribution in [1.29, 1.82) is 0 Å². The lowest BCUT2D eigenvalue weighted by Crippen LogP contribution is -2.33. The van der Waals surface area contributed by atoms with Gasteiger partial charge in [0.2, 0.25) is 6.41 Å². The van der Waals surface area contributed by atoms with Crippen LogP contribution in [0.1, 0.15) is 0 Å². The van der Waals surface area contributed by atoms with Crippen LogP contribution in [0.4, 0.5) is 16.2 Å². The predicted molar refractivity (Wildman–Crippen MR) is 91.9 cm³/mol. The lowest BCUT2D eigenvalue weighted by atomic mass is 10.2. The number of halogens is 1. The fourth-order valence-electron chi connectivity index (χ4n) is 2.39. The Hall–Kier alpha value is -2.79. The first-order valence-corrected chi connectivity index (χ1v) is 7.32. The third kappa shape index (κ3) is 3.05. The van der Waals surface area contributed by atoms with E-state index in [-0.39, 0.29) is 0 Å². The van der Waals surface area contributed by atoms with Crippen LogP contribution in [0.25, 0.3) is 10.9 Å². The Morgan fingerprint density at radius 3 is 2.78 bits per heavy atom. The molecule has 0 spiro atoms. The molecule has 0 aliphatic carbocycles. The summed E-state index contributed by atoms with van der Waals surface area (Å²) in [5.74, 6) is 0. The maximum atomic E-state index is 12.3. The number of urea groups is 1. The van der Waals surface area contributed by atoms with Crippen molar-refractivity contribution in [3.8, 4) is 0 Å². The van der Waals surface area contributed by atoms with Gasteiger partial charge in [-0.05, 0) is 42.5 Å². The third-order valence-electron chi connectivity index (χ3n) is 3.55. The molecule has 0 aliphatic rings. The Bertz CT molecular complexity index is 888. The molecular formula is C17H14ClN3O2. The lowest BCUT2D eigenvalue weighted by Gasteiger charge is -2.17. The van der Waals surface area contributed by atoms with E-state index in [1.54, 1.807) is 36.4 Å². The summed E-state index contributed by atoms with van der Waals surface area (Å²) in [6.07, 6.45) is 2.41. The topological polar surface area (TPSA) is 54.3 Å². The van der Waals surface area contributed by atoms with Gasteiger partial charge in [-0.1, -0.05) is 17.7 Å². The van der Waals surface area contributed by atoms with Gasteiger partial charge >= 0.3 is 6.03 Å². The molecule has 3 amide bonds. The van der Waals surface area contributed by atoms with Gasteiger partial charge in [-0.2, -0.15) is 0 Å². The van der Waals surface area contributed by atoms with Gasteiger partial charge in [0.05, 0.1) is 5.69 Å². The number of benzene rings is 2. The number of imide groups is 1. The van der Waals surface area contributed by atoms with E-state index < -0.39 is 6.03 Å². The number of aryl methyl sites for hydroxylation is 1. The standard InChI is InChI=1S/C17H14ClN3O2/c1-20-8-7-12-9-15(5-6-16(12)20)21(11-22)17(23)19-14-4-2-3-13(18)10-14/h2-11H,1H3,(H,19,23). The van der Waals surface area contributed by atoms with Gasteiger partial charge < -0.3 is 9.88 Å². The van der Waals surface area contributed by atoms with Gasteiger partial charge in [-0.3, -0.25) is 4.79 Å². The Labute approximate surface area is 138 Å². The highest BCUT2D eigenvalue weighted by atomic mass is 35.5. The van der Waals surface area contributed by atoms with Crippen LogP contribution in [0.15, 0.2) is 54.7 Å². The van der Waals surface area contributed by atoms with Crippen LogP contribution >= 0.6 is 11.6 Å². The van der Waals surface area contributed by atoms with Crippen LogP contribution in [0.2, 0.25) is 5.02 Å². The number of carbonyl (C=O) groups excluding carboxylic acids is 2. The first-order valence-electron chi connectivity index (χ1n) is 6.94. The second-order valence-corrected chi connectivity index (χ2v) is 5.52. The molecule has 0 bridgehead atoms. The molecule has 0 atom stereocenters. The summed E-state index contributed by atoms with van der Waals surface area (Å²) in [5, 5.41) is 4.11. The van der Waals surface area contributed by atoms with Gasteiger partial charge in [0.1, 0.15) is 0 Å². The molecule has 0 saturated heterocycles. The summed E-state index contributed by atoms with van der Waals surface area (Å²) in [6, 6.07) is 13.5. The molecule has 5 nitrogen and oxygen atoms in total. The summed E-state index contributed by atoms with van der Waals surface area (Å²) >= 11 is 5.89. The highest BCUT2D eigenvalue weighted by Gasteiger charge is 2.16. The Balaban J connectivity index is 1.88. The number of nitrogens with zero attached hydrogens (tertiary/aromatic N) is 2. The second kappa shape index (κ2) is 6.14. The van der Waals surface area contributed by atoms with E-state index in [0.717, 1.165) is 15.8 Å². The van der Waals surface area contributed by atoms with Crippen LogP contribution < -0.4 is 10.2 Å². The van der Waals surface area contributed by atoms with Crippen LogP contribution in [0, 0.1) is 0 Å². The van der Waals surface area contributed by atoms with Crippen molar-refractivity contribution in [2.45, 2.75) is 0 Å². The van der Waals surface area contributed by atoms with E-state index in [4.69, 9.17) is 11.6 Å². The Kier molecular flexibility index (Phi) is 4.04. The molecule has 1 N–H and O–H groups in total. The molecule has 6 heteroatoms. The smallest absolute Gasteiger partial charge is 0.332 e. The number of hydrogen-bond acceptors (Lipinski definition) is 2. The number of rotatable bonds is 3. The van der Waals surface area contributed by atoms with Crippen molar-refractivity contribution in [1.82, 2.24) is 4.57 Å². The minimum absolute atomic E-state index is 0.490. The van der Waals surface area contributed by atoms with Crippen LogP contribution in [0.3, 0.4) is 0 Å². The number of aromatic nitrogens is 1. The minimum Gasteiger partial charge on any atom is -0.351 e. The number of anilines is 2. The number of carbonyl (C=O) groups is 2. The molecule has 116 valence electrons. The number of fused-ring (bicyclic) bond motifs is 1. The minimum atomic E-state index is -0.544. The van der Waals surface area contributed by atoms with E-state index in [1.807, 2.05) is 29.9 Å². The molecule has 3 aromatic rings. The maximum Gasteiger partial charge on any atom is 0.332 e. The van der Waals surface area contributed by atoms with Gasteiger partial charge in [-0.15, -0.1) is 0 Å². The Morgan fingerprint density at radius 2 is 2.04 bits per heavy atom. The normalized spacial score (nSPS) is 10.5. The van der Waals surface area contributed by atoms with E-state index in [2.05, 4.69) is 5.32 Å². The monoisotopic (exact) mass is 327 g/mol. The van der Waals surface area contributed by atoms with Gasteiger partial charge in [0.25, 0.3) is 0 Å². The molecule has 2 aromatic carbocycles. The Morgan fingerprint density at radius 1 is 1.22 bits per heavy atom. The SMILES string of the molecule is Cn1ccc2cc(N(C=O)C(=O)Nc3cccc(Cl)c3)ccc21. The zero-order chi connectivity index (χ0) is 16.4. The van der Waals surface area contributed by atoms with Crippen molar-refractivity contribution >= 4 is 46.3 Å². The molecular weight excluding hydrogens is 314 g/mol. The van der Waals surface area contributed by atoms with E-state index in [0.29, 0.717) is 22.8 Å². The third-order valence-corrected chi connectivity index (χ3v) is 3.78. The molecule has 23 heavy (non-hydrogen) atoms. The maximum absolute atomic E-state index is 12.3. The summed E-state index contributed by atoms with van der Waals surface area (Å²) in [5.41, 5.74) is 2.04. The average molecular weight is 328 g/mol. The van der Waals surface area contributed by atoms with E-state index in [9.17, 15) is 9.59 Å². The van der Waals surface area contributed by atoms with Crippen molar-refractivity contribution in [3.05, 3.63) is 59.8 Å². The molecule has 0 radical (unpaired) electrons. The largest absolute Gasteiger partial charge is 0.351 e. The fraction of sp³-hybridized carbons (Fsp3) is 0.0588. The number of amides is 3. The number of nitrogens with one attached hydrogen (secondary N) is 1. The van der Waals surface area contributed by atoms with E-state index >= 15 is 0 Å². The second-order valence-electron chi connectivity index (χ2n) is 5.09. The summed E-state index contributed by atoms with van der Waals surface area (Å²) in [4.78, 5) is 24.7. The van der Waals surface area contributed by atoms with Crippen LogP contribution in [-0.2, 0) is 11.8 Å². The average Bonchev–Trinajstić information content (AvgIpc) is 2.89. The molecule has 0 unspecified atom stereocenters. The van der Waals surface area contributed by atoms with E-state index in [1.165, 1.54) is 0 Å². The summed E-state index contributed by atoms with van der Waals surface area (Å²) < 4.78 is 1.97. The zero-order valence-corrected chi connectivity index (χ0v) is 13.1. The molecule has 0 fully saturated rings. The van der Waals surface area contributed by atoms with Crippen LogP contribution in [-0.4, -0.2) is 17.0 Å². The highest BCUT2D eigenvalue weighted by Crippen LogP contribution is 2.23. The highest BCUT2D eigenvalue weighted by molar-refractivity contribution is 6.31. The number of hydrogen-bond donors (Lipinski definition) is 1.